The van der Waals surface area contributed by atoms with E-state index in [1.165, 1.54) is 26.2 Å². The SMILES string of the molecule is CCCCCCCOCc1cccc(-c2csc(NC(=O)c3cc(F)c(C=C(C)C(=O)O)c(F)c3)n2)c1OC. The van der Waals surface area contributed by atoms with Crippen molar-refractivity contribution in [2.45, 2.75) is 52.6 Å². The van der Waals surface area contributed by atoms with E-state index in [1.54, 1.807) is 12.5 Å². The van der Waals surface area contributed by atoms with Crippen molar-refractivity contribution in [2.75, 3.05) is 19.0 Å². The van der Waals surface area contributed by atoms with E-state index < -0.39 is 29.1 Å². The van der Waals surface area contributed by atoms with Crippen molar-refractivity contribution in [3.63, 3.8) is 0 Å². The zero-order valence-corrected chi connectivity index (χ0v) is 23.0. The van der Waals surface area contributed by atoms with Crippen molar-refractivity contribution >= 4 is 34.4 Å². The van der Waals surface area contributed by atoms with Gasteiger partial charge in [0.25, 0.3) is 5.91 Å². The van der Waals surface area contributed by atoms with Crippen LogP contribution >= 0.6 is 11.3 Å². The van der Waals surface area contributed by atoms with Gasteiger partial charge in [0.05, 0.1) is 19.4 Å². The summed E-state index contributed by atoms with van der Waals surface area (Å²) >= 11 is 1.15. The second kappa shape index (κ2) is 14.5. The molecule has 3 rings (SSSR count). The van der Waals surface area contributed by atoms with E-state index in [-0.39, 0.29) is 16.3 Å². The summed E-state index contributed by atoms with van der Waals surface area (Å²) in [5, 5.41) is 13.5. The number of amides is 1. The van der Waals surface area contributed by atoms with Crippen LogP contribution in [0.4, 0.5) is 13.9 Å². The van der Waals surface area contributed by atoms with E-state index in [9.17, 15) is 18.4 Å². The van der Waals surface area contributed by atoms with Crippen molar-refractivity contribution in [3.05, 3.63) is 69.6 Å². The van der Waals surface area contributed by atoms with Gasteiger partial charge in [-0.25, -0.2) is 18.6 Å². The number of hydrogen-bond donors (Lipinski definition) is 2. The zero-order chi connectivity index (χ0) is 28.4. The summed E-state index contributed by atoms with van der Waals surface area (Å²) in [5.74, 6) is -3.54. The summed E-state index contributed by atoms with van der Waals surface area (Å²) in [6.45, 7) is 4.46. The van der Waals surface area contributed by atoms with Crippen molar-refractivity contribution in [3.8, 4) is 17.0 Å². The average molecular weight is 559 g/mol. The van der Waals surface area contributed by atoms with E-state index in [0.29, 0.717) is 24.7 Å². The molecule has 1 aromatic heterocycles. The quantitative estimate of drug-likeness (QED) is 0.159. The predicted molar refractivity (Wildman–Crippen MR) is 148 cm³/mol. The lowest BCUT2D eigenvalue weighted by atomic mass is 10.1. The molecule has 0 spiro atoms. The second-order valence-electron chi connectivity index (χ2n) is 8.94. The van der Waals surface area contributed by atoms with Crippen LogP contribution in [0.25, 0.3) is 17.3 Å². The van der Waals surface area contributed by atoms with E-state index in [0.717, 1.165) is 53.5 Å². The highest BCUT2D eigenvalue weighted by Gasteiger charge is 2.18. The number of anilines is 1. The number of carbonyl (C=O) groups is 2. The molecule has 0 aliphatic heterocycles. The highest BCUT2D eigenvalue weighted by molar-refractivity contribution is 7.14. The number of carboxylic acids is 1. The van der Waals surface area contributed by atoms with Gasteiger partial charge in [-0.1, -0.05) is 44.7 Å². The van der Waals surface area contributed by atoms with E-state index in [1.807, 2.05) is 18.2 Å². The van der Waals surface area contributed by atoms with Gasteiger partial charge < -0.3 is 14.6 Å². The van der Waals surface area contributed by atoms with Gasteiger partial charge in [0.15, 0.2) is 5.13 Å². The van der Waals surface area contributed by atoms with Crippen LogP contribution in [0.5, 0.6) is 5.75 Å². The first-order valence-electron chi connectivity index (χ1n) is 12.7. The Kier molecular flexibility index (Phi) is 11.1. The highest BCUT2D eigenvalue weighted by Crippen LogP contribution is 2.35. The molecular formula is C29H32F2N2O5S. The Morgan fingerprint density at radius 2 is 1.85 bits per heavy atom. The molecule has 7 nitrogen and oxygen atoms in total. The van der Waals surface area contributed by atoms with Crippen LogP contribution < -0.4 is 10.1 Å². The minimum atomic E-state index is -1.30. The number of unbranched alkanes of at least 4 members (excludes halogenated alkanes) is 4. The fourth-order valence-corrected chi connectivity index (χ4v) is 4.59. The molecule has 208 valence electrons. The van der Waals surface area contributed by atoms with Gasteiger partial charge in [0, 0.05) is 39.8 Å². The lowest BCUT2D eigenvalue weighted by Crippen LogP contribution is -2.13. The zero-order valence-electron chi connectivity index (χ0n) is 22.2. The lowest BCUT2D eigenvalue weighted by Gasteiger charge is -2.13. The molecule has 0 unspecified atom stereocenters. The molecule has 10 heteroatoms. The fraction of sp³-hybridized carbons (Fsp3) is 0.345. The van der Waals surface area contributed by atoms with Gasteiger partial charge in [0.1, 0.15) is 17.4 Å². The molecule has 0 atom stereocenters. The molecule has 0 bridgehead atoms. The topological polar surface area (TPSA) is 97.8 Å². The van der Waals surface area contributed by atoms with Crippen LogP contribution in [0.15, 0.2) is 41.3 Å². The number of nitrogens with zero attached hydrogens (tertiary/aromatic N) is 1. The number of aromatic nitrogens is 1. The van der Waals surface area contributed by atoms with Gasteiger partial charge in [-0.15, -0.1) is 11.3 Å². The second-order valence-corrected chi connectivity index (χ2v) is 9.80. The molecule has 0 radical (unpaired) electrons. The summed E-state index contributed by atoms with van der Waals surface area (Å²) < 4.78 is 40.4. The number of methoxy groups -OCH3 is 1. The fourth-order valence-electron chi connectivity index (χ4n) is 3.89. The minimum absolute atomic E-state index is 0.234. The molecule has 0 saturated carbocycles. The smallest absolute Gasteiger partial charge is 0.331 e. The lowest BCUT2D eigenvalue weighted by molar-refractivity contribution is -0.132. The van der Waals surface area contributed by atoms with Gasteiger partial charge in [-0.05, 0) is 37.6 Å². The maximum absolute atomic E-state index is 14.5. The Bertz CT molecular complexity index is 1320. The first-order chi connectivity index (χ1) is 18.7. The van der Waals surface area contributed by atoms with Crippen molar-refractivity contribution in [1.82, 2.24) is 4.98 Å². The Morgan fingerprint density at radius 3 is 2.51 bits per heavy atom. The summed E-state index contributed by atoms with van der Waals surface area (Å²) in [7, 11) is 1.57. The number of carbonyl (C=O) groups excluding carboxylic acids is 1. The van der Waals surface area contributed by atoms with Crippen molar-refractivity contribution in [2.24, 2.45) is 0 Å². The number of para-hydroxylation sites is 1. The van der Waals surface area contributed by atoms with Crippen LogP contribution in [0.3, 0.4) is 0 Å². The number of ether oxygens (including phenoxy) is 2. The Labute approximate surface area is 230 Å². The molecule has 0 saturated heterocycles. The summed E-state index contributed by atoms with van der Waals surface area (Å²) in [5.41, 5.74) is 1.12. The third-order valence-corrected chi connectivity index (χ3v) is 6.75. The molecule has 0 aliphatic carbocycles. The maximum atomic E-state index is 14.5. The molecule has 0 aliphatic rings. The Balaban J connectivity index is 1.70. The first kappa shape index (κ1) is 29.9. The molecule has 0 fully saturated rings. The van der Waals surface area contributed by atoms with Crippen LogP contribution in [0.1, 0.15) is 67.4 Å². The van der Waals surface area contributed by atoms with Crippen LogP contribution in [-0.4, -0.2) is 35.7 Å². The Hall–Kier alpha value is -3.63. The summed E-state index contributed by atoms with van der Waals surface area (Å²) in [4.78, 5) is 28.1. The number of hydrogen-bond acceptors (Lipinski definition) is 6. The number of nitrogens with one attached hydrogen (secondary N) is 1. The molecule has 39 heavy (non-hydrogen) atoms. The minimum Gasteiger partial charge on any atom is -0.496 e. The molecule has 1 amide bonds. The largest absolute Gasteiger partial charge is 0.496 e. The number of aliphatic carboxylic acids is 1. The van der Waals surface area contributed by atoms with Crippen molar-refractivity contribution < 1.29 is 33.0 Å². The van der Waals surface area contributed by atoms with E-state index in [4.69, 9.17) is 14.6 Å². The van der Waals surface area contributed by atoms with Crippen molar-refractivity contribution in [1.29, 1.82) is 0 Å². The average Bonchev–Trinajstić information content (AvgIpc) is 3.37. The molecule has 2 aromatic carbocycles. The normalized spacial score (nSPS) is 11.5. The number of benzene rings is 2. The first-order valence-corrected chi connectivity index (χ1v) is 13.5. The van der Waals surface area contributed by atoms with E-state index >= 15 is 0 Å². The maximum Gasteiger partial charge on any atom is 0.331 e. The van der Waals surface area contributed by atoms with Gasteiger partial charge >= 0.3 is 5.97 Å². The molecule has 2 N–H and O–H groups in total. The van der Waals surface area contributed by atoms with Gasteiger partial charge in [-0.3, -0.25) is 10.1 Å². The van der Waals surface area contributed by atoms with Gasteiger partial charge in [-0.2, -0.15) is 0 Å². The van der Waals surface area contributed by atoms with Crippen LogP contribution in [0.2, 0.25) is 0 Å². The third kappa shape index (κ3) is 8.18. The highest BCUT2D eigenvalue weighted by atomic mass is 32.1. The molecule has 1 heterocycles. The standard InChI is InChI=1S/C29H32F2N2O5S/c1-4-5-6-7-8-12-38-16-19-10-9-11-21(26(19)37-3)25-17-39-29(32-25)33-27(34)20-14-23(30)22(24(31)15-20)13-18(2)28(35)36/h9-11,13-15,17H,4-8,12,16H2,1-3H3,(H,35,36)(H,32,33,34). The number of carboxylic acid groups (broad SMARTS) is 1. The Morgan fingerprint density at radius 1 is 1.13 bits per heavy atom. The summed E-state index contributed by atoms with van der Waals surface area (Å²) in [6, 6.07) is 7.36. The summed E-state index contributed by atoms with van der Waals surface area (Å²) in [6.07, 6.45) is 6.67. The third-order valence-electron chi connectivity index (χ3n) is 5.99. The number of halogens is 2. The predicted octanol–water partition coefficient (Wildman–Crippen LogP) is 7.32. The number of rotatable bonds is 14. The van der Waals surface area contributed by atoms with Gasteiger partial charge in [0.2, 0.25) is 0 Å². The van der Waals surface area contributed by atoms with E-state index in [2.05, 4.69) is 17.2 Å². The molecule has 3 aromatic rings. The van der Waals surface area contributed by atoms with Crippen LogP contribution in [0, 0.1) is 11.6 Å². The monoisotopic (exact) mass is 558 g/mol. The van der Waals surface area contributed by atoms with Crippen LogP contribution in [-0.2, 0) is 16.1 Å². The molecular weight excluding hydrogens is 526 g/mol. The number of thiazole rings is 1.